The third-order valence-electron chi connectivity index (χ3n) is 3.69. The highest BCUT2D eigenvalue weighted by Crippen LogP contribution is 2.35. The maximum Gasteiger partial charge on any atom is 0.416 e. The van der Waals surface area contributed by atoms with Crippen LogP contribution in [0.1, 0.15) is 37.7 Å². The van der Waals surface area contributed by atoms with E-state index in [9.17, 15) is 18.3 Å². The minimum absolute atomic E-state index is 0.209. The topological polar surface area (TPSA) is 32.3 Å². The van der Waals surface area contributed by atoms with E-state index in [0.29, 0.717) is 12.8 Å². The average molecular weight is 308 g/mol. The van der Waals surface area contributed by atoms with Crippen LogP contribution in [0.3, 0.4) is 0 Å². The first kappa shape index (κ1) is 15.4. The Hall–Kier alpha value is -0.940. The largest absolute Gasteiger partial charge is 0.416 e. The quantitative estimate of drug-likeness (QED) is 0.863. The Labute approximate surface area is 120 Å². The molecular formula is C14H17ClF3NO. The zero-order chi connectivity index (χ0) is 14.8. The number of hydrogen-bond donors (Lipinski definition) is 2. The molecule has 0 atom stereocenters. The van der Waals surface area contributed by atoms with E-state index in [1.165, 1.54) is 6.07 Å². The normalized spacial score (nSPS) is 18.9. The second-order valence-corrected chi connectivity index (χ2v) is 5.74. The van der Waals surface area contributed by atoms with E-state index in [1.807, 2.05) is 0 Å². The van der Waals surface area contributed by atoms with Crippen LogP contribution in [0.15, 0.2) is 18.2 Å². The zero-order valence-electron chi connectivity index (χ0n) is 10.9. The van der Waals surface area contributed by atoms with Crippen LogP contribution in [0.2, 0.25) is 5.02 Å². The summed E-state index contributed by atoms with van der Waals surface area (Å²) in [6.45, 7) is 0.216. The Morgan fingerprint density at radius 1 is 1.20 bits per heavy atom. The fourth-order valence-electron chi connectivity index (χ4n) is 2.48. The van der Waals surface area contributed by atoms with Gasteiger partial charge in [-0.3, -0.25) is 0 Å². The summed E-state index contributed by atoms with van der Waals surface area (Å²) in [7, 11) is 0. The fraction of sp³-hybridized carbons (Fsp3) is 0.571. The maximum absolute atomic E-state index is 12.6. The van der Waals surface area contributed by atoms with Crippen molar-refractivity contribution in [3.63, 3.8) is 0 Å². The number of aliphatic hydroxyl groups is 1. The monoisotopic (exact) mass is 307 g/mol. The molecule has 0 radical (unpaired) electrons. The predicted molar refractivity (Wildman–Crippen MR) is 73.0 cm³/mol. The molecule has 112 valence electrons. The molecule has 2 nitrogen and oxygen atoms in total. The van der Waals surface area contributed by atoms with E-state index in [0.717, 1.165) is 31.4 Å². The van der Waals surface area contributed by atoms with Crippen LogP contribution in [0.5, 0.6) is 0 Å². The van der Waals surface area contributed by atoms with E-state index in [-0.39, 0.29) is 17.3 Å². The van der Waals surface area contributed by atoms with Crippen LogP contribution in [0, 0.1) is 0 Å². The maximum atomic E-state index is 12.6. The van der Waals surface area contributed by atoms with Crippen molar-refractivity contribution in [2.45, 2.75) is 43.9 Å². The fourth-order valence-corrected chi connectivity index (χ4v) is 2.67. The van der Waals surface area contributed by atoms with Crippen LogP contribution in [0.25, 0.3) is 0 Å². The van der Waals surface area contributed by atoms with E-state index >= 15 is 0 Å². The SMILES string of the molecule is OC1(CNc2cc(C(F)(F)F)ccc2Cl)CCCCC1. The molecule has 1 aromatic carbocycles. The molecule has 2 rings (SSSR count). The molecule has 0 unspecified atom stereocenters. The first-order valence-corrected chi connectivity index (χ1v) is 7.01. The summed E-state index contributed by atoms with van der Waals surface area (Å²) in [6.07, 6.45) is -0.106. The molecule has 0 amide bonds. The Kier molecular flexibility index (Phi) is 4.49. The van der Waals surface area contributed by atoms with Gasteiger partial charge in [-0.1, -0.05) is 30.9 Å². The molecule has 0 bridgehead atoms. The molecule has 1 aliphatic rings. The van der Waals surface area contributed by atoms with Crippen molar-refractivity contribution in [2.24, 2.45) is 0 Å². The van der Waals surface area contributed by atoms with Gasteiger partial charge in [0.1, 0.15) is 0 Å². The van der Waals surface area contributed by atoms with Gasteiger partial charge in [0.2, 0.25) is 0 Å². The van der Waals surface area contributed by atoms with Crippen LogP contribution in [-0.4, -0.2) is 17.3 Å². The smallest absolute Gasteiger partial charge is 0.388 e. The van der Waals surface area contributed by atoms with E-state index < -0.39 is 17.3 Å². The van der Waals surface area contributed by atoms with Crippen LogP contribution >= 0.6 is 11.6 Å². The second kappa shape index (κ2) is 5.82. The number of benzene rings is 1. The highest BCUT2D eigenvalue weighted by atomic mass is 35.5. The second-order valence-electron chi connectivity index (χ2n) is 5.33. The summed E-state index contributed by atoms with van der Waals surface area (Å²) in [5, 5.41) is 13.4. The number of nitrogens with one attached hydrogen (secondary N) is 1. The van der Waals surface area contributed by atoms with Crippen molar-refractivity contribution >= 4 is 17.3 Å². The van der Waals surface area contributed by atoms with E-state index in [4.69, 9.17) is 11.6 Å². The minimum atomic E-state index is -4.40. The van der Waals surface area contributed by atoms with Crippen molar-refractivity contribution in [3.05, 3.63) is 28.8 Å². The van der Waals surface area contributed by atoms with Gasteiger partial charge in [-0.15, -0.1) is 0 Å². The molecule has 2 N–H and O–H groups in total. The number of alkyl halides is 3. The summed E-state index contributed by atoms with van der Waals surface area (Å²) in [5.74, 6) is 0. The van der Waals surface area contributed by atoms with Gasteiger partial charge in [0.25, 0.3) is 0 Å². The molecule has 6 heteroatoms. The lowest BCUT2D eigenvalue weighted by molar-refractivity contribution is -0.137. The molecule has 0 saturated heterocycles. The lowest BCUT2D eigenvalue weighted by Crippen LogP contribution is -2.38. The molecule has 0 aromatic heterocycles. The average Bonchev–Trinajstić information content (AvgIpc) is 2.37. The molecule has 0 spiro atoms. The standard InChI is InChI=1S/C14H17ClF3NO/c15-11-5-4-10(14(16,17)18)8-12(11)19-9-13(20)6-2-1-3-7-13/h4-5,8,19-20H,1-3,6-7,9H2. The van der Waals surface area contributed by atoms with Crippen LogP contribution in [-0.2, 0) is 6.18 Å². The summed E-state index contributed by atoms with van der Waals surface area (Å²) < 4.78 is 37.9. The van der Waals surface area contributed by atoms with E-state index in [2.05, 4.69) is 5.32 Å². The van der Waals surface area contributed by atoms with Crippen molar-refractivity contribution in [1.29, 1.82) is 0 Å². The lowest BCUT2D eigenvalue weighted by Gasteiger charge is -2.32. The molecule has 1 aromatic rings. The van der Waals surface area contributed by atoms with Gasteiger partial charge in [0.05, 0.1) is 21.9 Å². The minimum Gasteiger partial charge on any atom is -0.388 e. The van der Waals surface area contributed by atoms with Gasteiger partial charge >= 0.3 is 6.18 Å². The Balaban J connectivity index is 2.09. The van der Waals surface area contributed by atoms with Gasteiger partial charge in [-0.2, -0.15) is 13.2 Å². The molecule has 0 heterocycles. The van der Waals surface area contributed by atoms with Gasteiger partial charge < -0.3 is 10.4 Å². The summed E-state index contributed by atoms with van der Waals surface area (Å²) in [4.78, 5) is 0. The number of rotatable bonds is 3. The highest BCUT2D eigenvalue weighted by Gasteiger charge is 2.32. The van der Waals surface area contributed by atoms with Crippen molar-refractivity contribution < 1.29 is 18.3 Å². The third-order valence-corrected chi connectivity index (χ3v) is 4.02. The Morgan fingerprint density at radius 3 is 2.45 bits per heavy atom. The van der Waals surface area contributed by atoms with Gasteiger partial charge in [0.15, 0.2) is 0 Å². The van der Waals surface area contributed by atoms with Crippen molar-refractivity contribution in [1.82, 2.24) is 0 Å². The molecule has 20 heavy (non-hydrogen) atoms. The van der Waals surface area contributed by atoms with Crippen LogP contribution < -0.4 is 5.32 Å². The molecule has 1 saturated carbocycles. The number of halogens is 4. The first-order chi connectivity index (χ1) is 9.30. The molecule has 1 fully saturated rings. The molecule has 1 aliphatic carbocycles. The van der Waals surface area contributed by atoms with Gasteiger partial charge in [0, 0.05) is 6.54 Å². The highest BCUT2D eigenvalue weighted by molar-refractivity contribution is 6.33. The Morgan fingerprint density at radius 2 is 1.85 bits per heavy atom. The summed E-state index contributed by atoms with van der Waals surface area (Å²) >= 11 is 5.90. The zero-order valence-corrected chi connectivity index (χ0v) is 11.7. The van der Waals surface area contributed by atoms with Gasteiger partial charge in [-0.25, -0.2) is 0 Å². The Bertz CT molecular complexity index is 470. The number of anilines is 1. The van der Waals surface area contributed by atoms with Crippen LogP contribution in [0.4, 0.5) is 18.9 Å². The summed E-state index contributed by atoms with van der Waals surface area (Å²) in [5.41, 5.74) is -1.39. The first-order valence-electron chi connectivity index (χ1n) is 6.63. The van der Waals surface area contributed by atoms with Crippen molar-refractivity contribution in [2.75, 3.05) is 11.9 Å². The molecular weight excluding hydrogens is 291 g/mol. The lowest BCUT2D eigenvalue weighted by atomic mass is 9.85. The van der Waals surface area contributed by atoms with E-state index in [1.54, 1.807) is 0 Å². The summed E-state index contributed by atoms with van der Waals surface area (Å²) in [6, 6.07) is 3.15. The van der Waals surface area contributed by atoms with Gasteiger partial charge in [-0.05, 0) is 31.0 Å². The number of hydrogen-bond acceptors (Lipinski definition) is 2. The predicted octanol–water partition coefficient (Wildman–Crippen LogP) is 4.47. The van der Waals surface area contributed by atoms with Crippen molar-refractivity contribution in [3.8, 4) is 0 Å². The molecule has 0 aliphatic heterocycles. The third kappa shape index (κ3) is 3.79.